The molecule has 23 heavy (non-hydrogen) atoms. The third-order valence-electron chi connectivity index (χ3n) is 2.64. The Bertz CT molecular complexity index is 735. The number of nitrogens with one attached hydrogen (secondary N) is 1. The van der Waals surface area contributed by atoms with E-state index >= 15 is 0 Å². The summed E-state index contributed by atoms with van der Waals surface area (Å²) < 4.78 is 23.9. The summed E-state index contributed by atoms with van der Waals surface area (Å²) in [5, 5.41) is 11.1. The van der Waals surface area contributed by atoms with Crippen molar-refractivity contribution in [2.75, 3.05) is 6.29 Å². The molecule has 2 aromatic rings. The lowest BCUT2D eigenvalue weighted by molar-refractivity contribution is 0.383. The SMILES string of the molecule is N#CC(=C=O)NCP(=O)(Oc1ccccc1)Oc1ccccc1. The van der Waals surface area contributed by atoms with Crippen LogP contribution in [-0.2, 0) is 9.36 Å². The van der Waals surface area contributed by atoms with Crippen molar-refractivity contribution in [3.05, 3.63) is 66.4 Å². The van der Waals surface area contributed by atoms with E-state index in [1.165, 1.54) is 5.94 Å². The van der Waals surface area contributed by atoms with Crippen LogP contribution in [-0.4, -0.2) is 12.2 Å². The quantitative estimate of drug-likeness (QED) is 0.477. The van der Waals surface area contributed by atoms with Crippen LogP contribution in [0, 0.1) is 11.3 Å². The van der Waals surface area contributed by atoms with Crippen molar-refractivity contribution in [2.45, 2.75) is 0 Å². The van der Waals surface area contributed by atoms with E-state index in [2.05, 4.69) is 5.32 Å². The summed E-state index contributed by atoms with van der Waals surface area (Å²) in [6, 6.07) is 18.6. The Balaban J connectivity index is 2.21. The second-order valence-corrected chi connectivity index (χ2v) is 6.25. The van der Waals surface area contributed by atoms with Gasteiger partial charge in [-0.15, -0.1) is 0 Å². The van der Waals surface area contributed by atoms with E-state index < -0.39 is 7.60 Å². The lowest BCUT2D eigenvalue weighted by atomic mass is 10.3. The number of allylic oxidation sites excluding steroid dienone is 1. The van der Waals surface area contributed by atoms with Gasteiger partial charge in [0.05, 0.1) is 0 Å². The summed E-state index contributed by atoms with van der Waals surface area (Å²) in [5.74, 6) is 2.11. The zero-order valence-corrected chi connectivity index (χ0v) is 12.9. The first-order chi connectivity index (χ1) is 11.1. The zero-order chi connectivity index (χ0) is 16.5. The summed E-state index contributed by atoms with van der Waals surface area (Å²) in [4.78, 5) is 10.6. The number of carbonyl (C=O) groups excluding carboxylic acids is 1. The smallest absolute Gasteiger partial charge is 0.415 e. The van der Waals surface area contributed by atoms with E-state index in [0.29, 0.717) is 11.5 Å². The molecule has 0 saturated carbocycles. The van der Waals surface area contributed by atoms with Gasteiger partial charge < -0.3 is 14.4 Å². The van der Waals surface area contributed by atoms with Gasteiger partial charge in [0.2, 0.25) is 0 Å². The highest BCUT2D eigenvalue weighted by Crippen LogP contribution is 2.47. The third kappa shape index (κ3) is 5.05. The van der Waals surface area contributed by atoms with Gasteiger partial charge in [0.1, 0.15) is 23.9 Å². The van der Waals surface area contributed by atoms with Crippen LogP contribution in [0.3, 0.4) is 0 Å². The van der Waals surface area contributed by atoms with E-state index in [1.807, 2.05) is 0 Å². The maximum absolute atomic E-state index is 12.9. The molecule has 0 bridgehead atoms. The first-order valence-electron chi connectivity index (χ1n) is 6.62. The Labute approximate surface area is 133 Å². The molecule has 0 aliphatic carbocycles. The standard InChI is InChI=1S/C16H13N2O4P/c17-11-14(12-19)18-13-23(20,21-15-7-3-1-4-8-15)22-16-9-5-2-6-10-16/h1-10,18H,13H2. The normalized spacial score (nSPS) is 10.0. The summed E-state index contributed by atoms with van der Waals surface area (Å²) in [5.41, 5.74) is -0.376. The summed E-state index contributed by atoms with van der Waals surface area (Å²) >= 11 is 0. The summed E-state index contributed by atoms with van der Waals surface area (Å²) in [6.07, 6.45) is -0.352. The fourth-order valence-electron chi connectivity index (χ4n) is 1.64. The molecule has 7 heteroatoms. The van der Waals surface area contributed by atoms with E-state index in [4.69, 9.17) is 14.3 Å². The molecule has 0 aromatic heterocycles. The Hall–Kier alpha value is -2.99. The molecule has 0 saturated heterocycles. The molecule has 0 fully saturated rings. The van der Waals surface area contributed by atoms with Gasteiger partial charge in [0.25, 0.3) is 0 Å². The molecule has 0 aliphatic heterocycles. The fraction of sp³-hybridized carbons (Fsp3) is 0.0625. The van der Waals surface area contributed by atoms with Gasteiger partial charge in [0, 0.05) is 0 Å². The van der Waals surface area contributed by atoms with Crippen molar-refractivity contribution in [1.29, 1.82) is 5.26 Å². The van der Waals surface area contributed by atoms with E-state index in [9.17, 15) is 9.36 Å². The molecular weight excluding hydrogens is 315 g/mol. The highest BCUT2D eigenvalue weighted by atomic mass is 31.2. The second-order valence-electron chi connectivity index (χ2n) is 4.34. The van der Waals surface area contributed by atoms with Gasteiger partial charge in [-0.25, -0.2) is 9.36 Å². The number of para-hydroxylation sites is 2. The monoisotopic (exact) mass is 328 g/mol. The third-order valence-corrected chi connectivity index (χ3v) is 4.16. The largest absolute Gasteiger partial charge is 0.449 e. The van der Waals surface area contributed by atoms with Gasteiger partial charge in [0.15, 0.2) is 11.6 Å². The zero-order valence-electron chi connectivity index (χ0n) is 12.0. The maximum atomic E-state index is 12.9. The van der Waals surface area contributed by atoms with Crippen molar-refractivity contribution >= 4 is 13.5 Å². The Kier molecular flexibility index (Phi) is 5.60. The number of nitriles is 1. The molecule has 0 unspecified atom stereocenters. The fourth-order valence-corrected chi connectivity index (χ4v) is 3.05. The Morgan fingerprint density at radius 2 is 1.48 bits per heavy atom. The molecule has 2 rings (SSSR count). The predicted octanol–water partition coefficient (Wildman–Crippen LogP) is 3.12. The minimum Gasteiger partial charge on any atom is -0.415 e. The molecule has 0 amide bonds. The Morgan fingerprint density at radius 3 is 1.87 bits per heavy atom. The van der Waals surface area contributed by atoms with Crippen LogP contribution in [0.2, 0.25) is 0 Å². The highest BCUT2D eigenvalue weighted by molar-refractivity contribution is 7.54. The molecule has 0 aliphatic rings. The minimum absolute atomic E-state index is 0.349. The van der Waals surface area contributed by atoms with Gasteiger partial charge in [-0.3, -0.25) is 0 Å². The molecule has 0 heterocycles. The van der Waals surface area contributed by atoms with Crippen molar-refractivity contribution in [3.63, 3.8) is 0 Å². The van der Waals surface area contributed by atoms with Crippen LogP contribution in [0.5, 0.6) is 11.5 Å². The van der Waals surface area contributed by atoms with Crippen LogP contribution in [0.4, 0.5) is 0 Å². The van der Waals surface area contributed by atoms with E-state index in [-0.39, 0.29) is 12.0 Å². The summed E-state index contributed by atoms with van der Waals surface area (Å²) in [7, 11) is -3.71. The molecule has 6 nitrogen and oxygen atoms in total. The second kappa shape index (κ2) is 7.86. The van der Waals surface area contributed by atoms with Crippen LogP contribution >= 0.6 is 7.60 Å². The van der Waals surface area contributed by atoms with Crippen molar-refractivity contribution < 1.29 is 18.4 Å². The predicted molar refractivity (Wildman–Crippen MR) is 84.6 cm³/mol. The molecule has 0 radical (unpaired) electrons. The summed E-state index contributed by atoms with van der Waals surface area (Å²) in [6.45, 7) is 0. The number of hydrogen-bond donors (Lipinski definition) is 1. The molecule has 0 spiro atoms. The van der Waals surface area contributed by atoms with Gasteiger partial charge in [-0.05, 0) is 24.3 Å². The van der Waals surface area contributed by atoms with Crippen LogP contribution in [0.15, 0.2) is 66.4 Å². The first-order valence-corrected chi connectivity index (χ1v) is 8.35. The first kappa shape index (κ1) is 16.4. The minimum atomic E-state index is -3.71. The molecule has 2 aromatic carbocycles. The van der Waals surface area contributed by atoms with Crippen molar-refractivity contribution in [3.8, 4) is 17.6 Å². The van der Waals surface area contributed by atoms with Gasteiger partial charge in [-0.1, -0.05) is 36.4 Å². The lowest BCUT2D eigenvalue weighted by Crippen LogP contribution is -2.19. The van der Waals surface area contributed by atoms with E-state index in [0.717, 1.165) is 0 Å². The van der Waals surface area contributed by atoms with Crippen LogP contribution in [0.25, 0.3) is 0 Å². The Morgan fingerprint density at radius 1 is 1.00 bits per heavy atom. The number of nitrogens with zero attached hydrogens (tertiary/aromatic N) is 1. The van der Waals surface area contributed by atoms with Crippen LogP contribution < -0.4 is 14.4 Å². The van der Waals surface area contributed by atoms with Crippen molar-refractivity contribution in [2.24, 2.45) is 0 Å². The van der Waals surface area contributed by atoms with Crippen LogP contribution in [0.1, 0.15) is 0 Å². The average Bonchev–Trinajstić information content (AvgIpc) is 2.57. The topological polar surface area (TPSA) is 88.4 Å². The lowest BCUT2D eigenvalue weighted by Gasteiger charge is -2.20. The number of rotatable bonds is 7. The maximum Gasteiger partial charge on any atom is 0.449 e. The molecule has 116 valence electrons. The molecule has 1 N–H and O–H groups in total. The van der Waals surface area contributed by atoms with Gasteiger partial charge in [-0.2, -0.15) is 5.26 Å². The molecular formula is C16H13N2O4P. The van der Waals surface area contributed by atoms with Gasteiger partial charge >= 0.3 is 7.60 Å². The molecule has 0 atom stereocenters. The van der Waals surface area contributed by atoms with Crippen molar-refractivity contribution in [1.82, 2.24) is 5.32 Å². The number of benzene rings is 2. The number of hydrogen-bond acceptors (Lipinski definition) is 6. The van der Waals surface area contributed by atoms with E-state index in [1.54, 1.807) is 66.7 Å². The average molecular weight is 328 g/mol. The highest BCUT2D eigenvalue weighted by Gasteiger charge is 2.28.